The first kappa shape index (κ1) is 15.3. The molecule has 0 bridgehead atoms. The van der Waals surface area contributed by atoms with Crippen LogP contribution in [-0.4, -0.2) is 11.1 Å². The Hall–Kier alpha value is -0.580. The largest absolute Gasteiger partial charge is 0.478 e. The summed E-state index contributed by atoms with van der Waals surface area (Å²) in [6, 6.07) is 4.09. The number of hydrogen-bond donors (Lipinski definition) is 1. The van der Waals surface area contributed by atoms with Gasteiger partial charge in [-0.3, -0.25) is 0 Å². The number of aryl methyl sites for hydroxylation is 1. The number of hydrogen-bond acceptors (Lipinski definition) is 1. The van der Waals surface area contributed by atoms with E-state index in [4.69, 9.17) is 0 Å². The van der Waals surface area contributed by atoms with Crippen LogP contribution >= 0.6 is 22.6 Å². The minimum atomic E-state index is -0.803. The lowest BCUT2D eigenvalue weighted by molar-refractivity contribution is 0.0406. The number of rotatable bonds is 1. The minimum Gasteiger partial charge on any atom is -0.478 e. The highest BCUT2D eigenvalue weighted by Gasteiger charge is 2.49. The summed E-state index contributed by atoms with van der Waals surface area (Å²) in [5.41, 5.74) is 3.66. The number of carbonyl (C=O) groups is 1. The third kappa shape index (κ3) is 2.32. The molecule has 0 heterocycles. The zero-order chi connectivity index (χ0) is 15.4. The van der Waals surface area contributed by atoms with Crippen molar-refractivity contribution in [2.75, 3.05) is 0 Å². The van der Waals surface area contributed by atoms with Gasteiger partial charge in [0, 0.05) is 3.57 Å². The Morgan fingerprint density at radius 2 is 2.00 bits per heavy atom. The van der Waals surface area contributed by atoms with Crippen LogP contribution in [0.2, 0.25) is 0 Å². The molecule has 0 amide bonds. The van der Waals surface area contributed by atoms with E-state index in [1.807, 2.05) is 6.07 Å². The van der Waals surface area contributed by atoms with Crippen molar-refractivity contribution in [1.29, 1.82) is 0 Å². The van der Waals surface area contributed by atoms with Gasteiger partial charge < -0.3 is 5.11 Å². The molecule has 1 saturated carbocycles. The Kier molecular flexibility index (Phi) is 3.62. The molecule has 21 heavy (non-hydrogen) atoms. The van der Waals surface area contributed by atoms with Gasteiger partial charge in [-0.25, -0.2) is 4.79 Å². The van der Waals surface area contributed by atoms with Crippen LogP contribution in [0.5, 0.6) is 0 Å². The Morgan fingerprint density at radius 1 is 1.29 bits per heavy atom. The van der Waals surface area contributed by atoms with E-state index < -0.39 is 5.97 Å². The van der Waals surface area contributed by atoms with Crippen LogP contribution in [0.1, 0.15) is 67.9 Å². The monoisotopic (exact) mass is 398 g/mol. The van der Waals surface area contributed by atoms with Crippen molar-refractivity contribution in [3.63, 3.8) is 0 Å². The van der Waals surface area contributed by atoms with Gasteiger partial charge >= 0.3 is 5.97 Å². The average Bonchev–Trinajstić information content (AvgIpc) is 2.36. The second-order valence-corrected chi connectivity index (χ2v) is 8.81. The van der Waals surface area contributed by atoms with Crippen molar-refractivity contribution >= 4 is 28.6 Å². The van der Waals surface area contributed by atoms with E-state index in [2.05, 4.69) is 49.4 Å². The predicted molar refractivity (Wildman–Crippen MR) is 92.9 cm³/mol. The third-order valence-electron chi connectivity index (χ3n) is 5.97. The summed E-state index contributed by atoms with van der Waals surface area (Å²) >= 11 is 2.16. The highest BCUT2D eigenvalue weighted by atomic mass is 127. The van der Waals surface area contributed by atoms with Gasteiger partial charge in [0.1, 0.15) is 0 Å². The maximum Gasteiger partial charge on any atom is 0.336 e. The van der Waals surface area contributed by atoms with Crippen molar-refractivity contribution in [1.82, 2.24) is 0 Å². The van der Waals surface area contributed by atoms with Crippen LogP contribution in [0, 0.1) is 14.9 Å². The summed E-state index contributed by atoms with van der Waals surface area (Å²) in [6.45, 7) is 7.16. The Balaban J connectivity index is 2.17. The van der Waals surface area contributed by atoms with Gasteiger partial charge in [-0.2, -0.15) is 0 Å². The van der Waals surface area contributed by atoms with Gasteiger partial charge in [0.05, 0.1) is 5.56 Å². The van der Waals surface area contributed by atoms with E-state index in [1.165, 1.54) is 36.8 Å². The molecule has 0 radical (unpaired) electrons. The molecule has 0 saturated heterocycles. The molecule has 2 unspecified atom stereocenters. The van der Waals surface area contributed by atoms with E-state index in [0.29, 0.717) is 16.9 Å². The molecule has 1 aromatic carbocycles. The van der Waals surface area contributed by atoms with Crippen LogP contribution in [0.25, 0.3) is 0 Å². The summed E-state index contributed by atoms with van der Waals surface area (Å²) in [6.07, 6.45) is 6.05. The van der Waals surface area contributed by atoms with Gasteiger partial charge in [0.25, 0.3) is 0 Å². The first-order valence-corrected chi connectivity index (χ1v) is 8.90. The molecule has 2 aliphatic rings. The quantitative estimate of drug-likeness (QED) is 0.675. The first-order valence-electron chi connectivity index (χ1n) is 7.82. The van der Waals surface area contributed by atoms with Crippen molar-refractivity contribution in [2.24, 2.45) is 11.3 Å². The smallest absolute Gasteiger partial charge is 0.336 e. The number of fused-ring (bicyclic) bond motifs is 3. The van der Waals surface area contributed by atoms with Crippen molar-refractivity contribution in [2.45, 2.75) is 58.3 Å². The second-order valence-electron chi connectivity index (χ2n) is 7.65. The summed E-state index contributed by atoms with van der Waals surface area (Å²) in [7, 11) is 0. The van der Waals surface area contributed by atoms with Gasteiger partial charge in [-0.15, -0.1) is 0 Å². The summed E-state index contributed by atoms with van der Waals surface area (Å²) in [5, 5.41) is 9.45. The van der Waals surface area contributed by atoms with Crippen LogP contribution in [0.4, 0.5) is 0 Å². The highest BCUT2D eigenvalue weighted by Crippen LogP contribution is 2.57. The van der Waals surface area contributed by atoms with Gasteiger partial charge in [-0.05, 0) is 88.3 Å². The maximum atomic E-state index is 11.5. The number of carboxylic acids is 1. The fraction of sp³-hybridized carbons (Fsp3) is 0.611. The minimum absolute atomic E-state index is 0.143. The Morgan fingerprint density at radius 3 is 2.67 bits per heavy atom. The van der Waals surface area contributed by atoms with Crippen molar-refractivity contribution < 1.29 is 9.90 Å². The SMILES string of the molecule is CC1(C)CCCC2(C)c3cc(C(=O)O)c(I)cc3CCC12. The summed E-state index contributed by atoms with van der Waals surface area (Å²) < 4.78 is 0.871. The molecule has 0 spiro atoms. The average molecular weight is 398 g/mol. The van der Waals surface area contributed by atoms with E-state index in [0.717, 1.165) is 9.99 Å². The number of carboxylic acid groups (broad SMARTS) is 1. The Labute approximate surface area is 140 Å². The van der Waals surface area contributed by atoms with Gasteiger partial charge in [0.15, 0.2) is 0 Å². The molecule has 0 aromatic heterocycles. The number of benzene rings is 1. The summed E-state index contributed by atoms with van der Waals surface area (Å²) in [4.78, 5) is 11.5. The normalized spacial score (nSPS) is 30.4. The molecule has 3 heteroatoms. The second kappa shape index (κ2) is 4.97. The van der Waals surface area contributed by atoms with Crippen molar-refractivity contribution in [3.8, 4) is 0 Å². The zero-order valence-corrected chi connectivity index (χ0v) is 15.2. The van der Waals surface area contributed by atoms with Gasteiger partial charge in [-0.1, -0.05) is 27.2 Å². The molecule has 2 atom stereocenters. The topological polar surface area (TPSA) is 37.3 Å². The predicted octanol–water partition coefficient (Wildman–Crippen LogP) is 5.02. The fourth-order valence-electron chi connectivity index (χ4n) is 4.97. The third-order valence-corrected chi connectivity index (χ3v) is 6.86. The maximum absolute atomic E-state index is 11.5. The number of aromatic carboxylic acids is 1. The van der Waals surface area contributed by atoms with Crippen LogP contribution in [0.3, 0.4) is 0 Å². The van der Waals surface area contributed by atoms with E-state index in [-0.39, 0.29) is 5.41 Å². The molecule has 1 aromatic rings. The van der Waals surface area contributed by atoms with Crippen LogP contribution in [0.15, 0.2) is 12.1 Å². The zero-order valence-electron chi connectivity index (χ0n) is 13.0. The lowest BCUT2D eigenvalue weighted by Gasteiger charge is -2.54. The molecule has 1 N–H and O–H groups in total. The molecule has 2 aliphatic carbocycles. The van der Waals surface area contributed by atoms with E-state index >= 15 is 0 Å². The van der Waals surface area contributed by atoms with Gasteiger partial charge in [0.2, 0.25) is 0 Å². The number of halogens is 1. The highest BCUT2D eigenvalue weighted by molar-refractivity contribution is 14.1. The molecule has 0 aliphatic heterocycles. The first-order chi connectivity index (χ1) is 9.75. The molecule has 1 fully saturated rings. The van der Waals surface area contributed by atoms with Crippen LogP contribution < -0.4 is 0 Å². The lowest BCUT2D eigenvalue weighted by atomic mass is 9.50. The molecule has 3 rings (SSSR count). The summed E-state index contributed by atoms with van der Waals surface area (Å²) in [5.74, 6) is -0.143. The van der Waals surface area contributed by atoms with Crippen LogP contribution in [-0.2, 0) is 11.8 Å². The molecule has 114 valence electrons. The molecular formula is C18H23IO2. The van der Waals surface area contributed by atoms with Crippen molar-refractivity contribution in [3.05, 3.63) is 32.4 Å². The Bertz CT molecular complexity index is 605. The van der Waals surface area contributed by atoms with E-state index in [9.17, 15) is 9.90 Å². The van der Waals surface area contributed by atoms with E-state index in [1.54, 1.807) is 0 Å². The standard InChI is InChI=1S/C18H23IO2/c1-17(2)7-4-8-18(3)13-10-12(16(20)21)14(19)9-11(13)5-6-15(17)18/h9-10,15H,4-8H2,1-3H3,(H,20,21). The lowest BCUT2D eigenvalue weighted by Crippen LogP contribution is -2.48. The fourth-order valence-corrected chi connectivity index (χ4v) is 5.73. The molecule has 2 nitrogen and oxygen atoms in total. The molecular weight excluding hydrogens is 375 g/mol.